The molecule has 0 aliphatic carbocycles. The molecule has 1 saturated heterocycles. The van der Waals surface area contributed by atoms with Gasteiger partial charge in [-0.2, -0.15) is 0 Å². The maximum atomic E-state index is 12.6. The zero-order valence-electron chi connectivity index (χ0n) is 11.5. The number of fused-ring (bicyclic) bond motifs is 2. The van der Waals surface area contributed by atoms with Crippen LogP contribution in [-0.2, 0) is 9.53 Å². The van der Waals surface area contributed by atoms with Gasteiger partial charge in [-0.15, -0.1) is 0 Å². The molecule has 3 rings (SSSR count). The van der Waals surface area contributed by atoms with Crippen LogP contribution in [0.25, 0.3) is 0 Å². The molecule has 4 atom stereocenters. The van der Waals surface area contributed by atoms with Crippen LogP contribution in [0.2, 0.25) is 0 Å². The summed E-state index contributed by atoms with van der Waals surface area (Å²) in [4.78, 5) is 26.3. The molecule has 0 saturated carbocycles. The van der Waals surface area contributed by atoms with Crippen molar-refractivity contribution >= 4 is 11.9 Å². The lowest BCUT2D eigenvalue weighted by atomic mass is 9.78. The lowest BCUT2D eigenvalue weighted by molar-refractivity contribution is -0.129. The Balaban J connectivity index is 2.03. The van der Waals surface area contributed by atoms with Crippen LogP contribution in [0.4, 0.5) is 4.79 Å². The highest BCUT2D eigenvalue weighted by Crippen LogP contribution is 2.41. The fraction of sp³-hybridized carbons (Fsp3) is 0.375. The molecule has 2 bridgehead atoms. The van der Waals surface area contributed by atoms with Gasteiger partial charge in [-0.05, 0) is 5.56 Å². The number of Topliss-reactive ketones (excluding diaryl/α,β-unsaturated/α-hetero) is 1. The molecule has 104 valence electrons. The summed E-state index contributed by atoms with van der Waals surface area (Å²) in [6.07, 6.45) is 3.54. The van der Waals surface area contributed by atoms with Gasteiger partial charge in [-0.3, -0.25) is 9.69 Å². The topological polar surface area (TPSA) is 46.6 Å². The Bertz CT molecular complexity index is 566. The van der Waals surface area contributed by atoms with Crippen molar-refractivity contribution in [3.8, 4) is 0 Å². The van der Waals surface area contributed by atoms with E-state index in [1.54, 1.807) is 4.90 Å². The third-order valence-electron chi connectivity index (χ3n) is 4.30. The van der Waals surface area contributed by atoms with Crippen LogP contribution in [0.1, 0.15) is 18.4 Å². The molecule has 20 heavy (non-hydrogen) atoms. The minimum Gasteiger partial charge on any atom is -0.453 e. The number of hydrogen-bond donors (Lipinski definition) is 0. The van der Waals surface area contributed by atoms with Crippen LogP contribution in [0.5, 0.6) is 0 Å². The Morgan fingerprint density at radius 3 is 2.45 bits per heavy atom. The first-order valence-electron chi connectivity index (χ1n) is 6.78. The summed E-state index contributed by atoms with van der Waals surface area (Å²) >= 11 is 0. The smallest absolute Gasteiger partial charge is 0.410 e. The van der Waals surface area contributed by atoms with Crippen molar-refractivity contribution in [3.63, 3.8) is 0 Å². The molecule has 1 aromatic rings. The molecule has 1 amide bonds. The molecule has 0 radical (unpaired) electrons. The molecule has 1 aromatic carbocycles. The minimum absolute atomic E-state index is 0.181. The van der Waals surface area contributed by atoms with Gasteiger partial charge in [-0.1, -0.05) is 49.4 Å². The van der Waals surface area contributed by atoms with E-state index in [0.29, 0.717) is 0 Å². The first kappa shape index (κ1) is 12.9. The van der Waals surface area contributed by atoms with Crippen molar-refractivity contribution in [1.29, 1.82) is 0 Å². The summed E-state index contributed by atoms with van der Waals surface area (Å²) in [5.74, 6) is -0.328. The van der Waals surface area contributed by atoms with Gasteiger partial charge in [0, 0.05) is 5.92 Å². The summed E-state index contributed by atoms with van der Waals surface area (Å²) in [5.41, 5.74) is 0.952. The molecule has 0 unspecified atom stereocenters. The Morgan fingerprint density at radius 2 is 1.80 bits per heavy atom. The number of piperidine rings is 1. The summed E-state index contributed by atoms with van der Waals surface area (Å²) < 4.78 is 4.87. The SMILES string of the molecule is COC(=O)N1[C@@H]2C=C[C@H]1[C@@H](c1ccccc1)C(=O)[C@H]2C. The molecular weight excluding hydrogens is 254 g/mol. The maximum Gasteiger partial charge on any atom is 0.410 e. The quantitative estimate of drug-likeness (QED) is 0.737. The molecular formula is C16H17NO3. The summed E-state index contributed by atoms with van der Waals surface area (Å²) in [5, 5.41) is 0. The van der Waals surface area contributed by atoms with Crippen molar-refractivity contribution in [2.24, 2.45) is 5.92 Å². The highest BCUT2D eigenvalue weighted by molar-refractivity contribution is 5.93. The van der Waals surface area contributed by atoms with Gasteiger partial charge < -0.3 is 4.74 Å². The number of ketones is 1. The van der Waals surface area contributed by atoms with Crippen molar-refractivity contribution in [1.82, 2.24) is 4.90 Å². The maximum absolute atomic E-state index is 12.6. The van der Waals surface area contributed by atoms with Gasteiger partial charge in [0.15, 0.2) is 0 Å². The standard InChI is InChI=1S/C16H17NO3/c1-10-12-8-9-13(17(12)16(19)20-2)14(15(10)18)11-6-4-3-5-7-11/h3-10,12-14H,1-2H3/t10-,12+,13-,14+/m0/s1. The van der Waals surface area contributed by atoms with Gasteiger partial charge in [-0.25, -0.2) is 4.79 Å². The first-order chi connectivity index (χ1) is 9.65. The summed E-state index contributed by atoms with van der Waals surface area (Å²) in [7, 11) is 1.38. The normalized spacial score (nSPS) is 31.5. The van der Waals surface area contributed by atoms with Crippen molar-refractivity contribution in [2.75, 3.05) is 7.11 Å². The van der Waals surface area contributed by atoms with Gasteiger partial charge in [0.25, 0.3) is 0 Å². The Labute approximate surface area is 118 Å². The van der Waals surface area contributed by atoms with E-state index in [9.17, 15) is 9.59 Å². The average Bonchev–Trinajstić information content (AvgIpc) is 2.86. The molecule has 2 aliphatic heterocycles. The molecule has 0 aromatic heterocycles. The van der Waals surface area contributed by atoms with Crippen molar-refractivity contribution in [3.05, 3.63) is 48.0 Å². The predicted octanol–water partition coefficient (Wildman–Crippen LogP) is 2.36. The second kappa shape index (κ2) is 4.78. The van der Waals surface area contributed by atoms with E-state index in [1.807, 2.05) is 49.4 Å². The third kappa shape index (κ3) is 1.75. The van der Waals surface area contributed by atoms with Crippen LogP contribution < -0.4 is 0 Å². The molecule has 1 fully saturated rings. The van der Waals surface area contributed by atoms with E-state index in [0.717, 1.165) is 5.56 Å². The lowest BCUT2D eigenvalue weighted by Gasteiger charge is -2.41. The van der Waals surface area contributed by atoms with Crippen LogP contribution >= 0.6 is 0 Å². The summed E-state index contributed by atoms with van der Waals surface area (Å²) in [6.45, 7) is 1.88. The first-order valence-corrected chi connectivity index (χ1v) is 6.78. The molecule has 4 heteroatoms. The average molecular weight is 271 g/mol. The van der Waals surface area contributed by atoms with E-state index in [4.69, 9.17) is 4.74 Å². The lowest BCUT2D eigenvalue weighted by Crippen LogP contribution is -2.55. The second-order valence-corrected chi connectivity index (χ2v) is 5.32. The number of carbonyl (C=O) groups is 2. The molecule has 2 heterocycles. The van der Waals surface area contributed by atoms with Crippen LogP contribution in [0.15, 0.2) is 42.5 Å². The summed E-state index contributed by atoms with van der Waals surface area (Å²) in [6, 6.07) is 9.22. The number of nitrogens with zero attached hydrogens (tertiary/aromatic N) is 1. The fourth-order valence-electron chi connectivity index (χ4n) is 3.28. The Hall–Kier alpha value is -2.10. The highest BCUT2D eigenvalue weighted by atomic mass is 16.5. The number of amides is 1. The number of methoxy groups -OCH3 is 1. The predicted molar refractivity (Wildman–Crippen MR) is 74.3 cm³/mol. The monoisotopic (exact) mass is 271 g/mol. The van der Waals surface area contributed by atoms with Crippen molar-refractivity contribution < 1.29 is 14.3 Å². The number of rotatable bonds is 1. The molecule has 0 spiro atoms. The number of hydrogen-bond acceptors (Lipinski definition) is 3. The highest BCUT2D eigenvalue weighted by Gasteiger charge is 2.50. The number of ether oxygens (including phenoxy) is 1. The van der Waals surface area contributed by atoms with Crippen LogP contribution in [-0.4, -0.2) is 36.0 Å². The largest absolute Gasteiger partial charge is 0.453 e. The molecule has 0 N–H and O–H groups in total. The van der Waals surface area contributed by atoms with E-state index in [1.165, 1.54) is 7.11 Å². The van der Waals surface area contributed by atoms with Gasteiger partial charge in [0.2, 0.25) is 0 Å². The molecule has 4 nitrogen and oxygen atoms in total. The molecule has 2 aliphatic rings. The van der Waals surface area contributed by atoms with Gasteiger partial charge in [0.1, 0.15) is 5.78 Å². The number of benzene rings is 1. The van der Waals surface area contributed by atoms with E-state index in [-0.39, 0.29) is 35.8 Å². The van der Waals surface area contributed by atoms with Crippen molar-refractivity contribution in [2.45, 2.75) is 24.9 Å². The fourth-order valence-corrected chi connectivity index (χ4v) is 3.28. The number of carbonyl (C=O) groups excluding carboxylic acids is 2. The third-order valence-corrected chi connectivity index (χ3v) is 4.30. The van der Waals surface area contributed by atoms with E-state index >= 15 is 0 Å². The second-order valence-electron chi connectivity index (χ2n) is 5.32. The Kier molecular flexibility index (Phi) is 3.08. The Morgan fingerprint density at radius 1 is 1.15 bits per heavy atom. The minimum atomic E-state index is -0.370. The van der Waals surface area contributed by atoms with E-state index < -0.39 is 0 Å². The zero-order valence-corrected chi connectivity index (χ0v) is 11.5. The van der Waals surface area contributed by atoms with Gasteiger partial charge >= 0.3 is 6.09 Å². The van der Waals surface area contributed by atoms with Crippen LogP contribution in [0, 0.1) is 5.92 Å². The van der Waals surface area contributed by atoms with Gasteiger partial charge in [0.05, 0.1) is 25.1 Å². The van der Waals surface area contributed by atoms with E-state index in [2.05, 4.69) is 0 Å². The zero-order chi connectivity index (χ0) is 14.3. The van der Waals surface area contributed by atoms with Crippen LogP contribution in [0.3, 0.4) is 0 Å².